The fraction of sp³-hybridized carbons (Fsp3) is 0.350. The summed E-state index contributed by atoms with van der Waals surface area (Å²) in [5.41, 5.74) is 3.64. The van der Waals surface area contributed by atoms with E-state index in [1.807, 2.05) is 29.2 Å². The topological polar surface area (TPSA) is 32.8 Å². The largest absolute Gasteiger partial charge is 0.480 e. The quantitative estimate of drug-likeness (QED) is 0.852. The van der Waals surface area contributed by atoms with E-state index in [9.17, 15) is 4.79 Å². The Morgan fingerprint density at radius 3 is 2.58 bits per heavy atom. The average molecular weight is 322 g/mol. The lowest BCUT2D eigenvalue weighted by Gasteiger charge is -2.37. The number of carbonyl (C=O) groups is 1. The molecule has 0 radical (unpaired) electrons. The Morgan fingerprint density at radius 1 is 1.04 bits per heavy atom. The molecule has 4 rings (SSSR count). The van der Waals surface area contributed by atoms with Crippen LogP contribution in [0.1, 0.15) is 11.1 Å². The van der Waals surface area contributed by atoms with Gasteiger partial charge in [-0.2, -0.15) is 0 Å². The van der Waals surface area contributed by atoms with E-state index in [2.05, 4.69) is 36.1 Å². The van der Waals surface area contributed by atoms with Crippen molar-refractivity contribution in [3.8, 4) is 5.75 Å². The number of aryl methyl sites for hydroxylation is 1. The van der Waals surface area contributed by atoms with Crippen LogP contribution in [0.15, 0.2) is 48.5 Å². The number of anilines is 1. The lowest BCUT2D eigenvalue weighted by molar-refractivity contribution is -0.138. The lowest BCUT2D eigenvalue weighted by atomic mass is 10.1. The molecule has 1 unspecified atom stereocenters. The minimum Gasteiger partial charge on any atom is -0.480 e. The van der Waals surface area contributed by atoms with Gasteiger partial charge >= 0.3 is 0 Å². The number of rotatable bonds is 2. The predicted octanol–water partition coefficient (Wildman–Crippen LogP) is 2.65. The van der Waals surface area contributed by atoms with Gasteiger partial charge in [0.05, 0.1) is 0 Å². The summed E-state index contributed by atoms with van der Waals surface area (Å²) in [5.74, 6) is 0.976. The summed E-state index contributed by atoms with van der Waals surface area (Å²) >= 11 is 0. The monoisotopic (exact) mass is 322 g/mol. The maximum absolute atomic E-state index is 12.7. The van der Waals surface area contributed by atoms with Gasteiger partial charge in [-0.15, -0.1) is 0 Å². The smallest absolute Gasteiger partial charge is 0.264 e. The zero-order chi connectivity index (χ0) is 16.5. The van der Waals surface area contributed by atoms with Gasteiger partial charge < -0.3 is 14.5 Å². The van der Waals surface area contributed by atoms with Gasteiger partial charge in [0.1, 0.15) is 5.75 Å². The van der Waals surface area contributed by atoms with E-state index in [-0.39, 0.29) is 12.0 Å². The van der Waals surface area contributed by atoms with E-state index in [1.54, 1.807) is 0 Å². The van der Waals surface area contributed by atoms with Crippen molar-refractivity contribution in [2.45, 2.75) is 19.4 Å². The highest BCUT2D eigenvalue weighted by atomic mass is 16.5. The second kappa shape index (κ2) is 6.19. The fourth-order valence-corrected chi connectivity index (χ4v) is 3.53. The van der Waals surface area contributed by atoms with Crippen molar-refractivity contribution in [2.24, 2.45) is 0 Å². The standard InChI is InChI=1S/C20H22N2O2/c1-15-5-4-7-17(13-15)21-9-11-22(12-10-21)20(23)19-14-16-6-2-3-8-18(16)24-19/h2-8,13,19H,9-12,14H2,1H3. The van der Waals surface area contributed by atoms with E-state index in [4.69, 9.17) is 4.74 Å². The molecule has 2 heterocycles. The van der Waals surface area contributed by atoms with E-state index in [0.29, 0.717) is 6.42 Å². The molecular weight excluding hydrogens is 300 g/mol. The van der Waals surface area contributed by atoms with E-state index in [1.165, 1.54) is 11.3 Å². The number of fused-ring (bicyclic) bond motifs is 1. The van der Waals surface area contributed by atoms with Gasteiger partial charge in [0, 0.05) is 38.3 Å². The predicted molar refractivity (Wildman–Crippen MR) is 94.5 cm³/mol. The van der Waals surface area contributed by atoms with Crippen molar-refractivity contribution in [2.75, 3.05) is 31.1 Å². The van der Waals surface area contributed by atoms with Gasteiger partial charge in [0.15, 0.2) is 6.10 Å². The zero-order valence-corrected chi connectivity index (χ0v) is 13.9. The summed E-state index contributed by atoms with van der Waals surface area (Å²) in [6.07, 6.45) is 0.334. The third-order valence-corrected chi connectivity index (χ3v) is 4.88. The Labute approximate surface area is 142 Å². The molecule has 0 saturated carbocycles. The highest BCUT2D eigenvalue weighted by Gasteiger charge is 2.33. The summed E-state index contributed by atoms with van der Waals surface area (Å²) < 4.78 is 5.84. The van der Waals surface area contributed by atoms with Crippen LogP contribution in [0.4, 0.5) is 5.69 Å². The van der Waals surface area contributed by atoms with E-state index in [0.717, 1.165) is 37.5 Å². The van der Waals surface area contributed by atoms with Crippen molar-refractivity contribution in [3.05, 3.63) is 59.7 Å². The Bertz CT molecular complexity index is 726. The Kier molecular flexibility index (Phi) is 3.89. The molecular formula is C20H22N2O2. The van der Waals surface area contributed by atoms with Crippen molar-refractivity contribution in [1.29, 1.82) is 0 Å². The zero-order valence-electron chi connectivity index (χ0n) is 13.9. The van der Waals surface area contributed by atoms with Crippen LogP contribution in [0.2, 0.25) is 0 Å². The van der Waals surface area contributed by atoms with Crippen molar-refractivity contribution >= 4 is 11.6 Å². The Hall–Kier alpha value is -2.49. The van der Waals surface area contributed by atoms with Gasteiger partial charge in [-0.1, -0.05) is 30.3 Å². The van der Waals surface area contributed by atoms with Crippen molar-refractivity contribution < 1.29 is 9.53 Å². The van der Waals surface area contributed by atoms with E-state index >= 15 is 0 Å². The van der Waals surface area contributed by atoms with Crippen LogP contribution in [0.25, 0.3) is 0 Å². The van der Waals surface area contributed by atoms with Crippen LogP contribution in [-0.2, 0) is 11.2 Å². The molecule has 0 aromatic heterocycles. The Morgan fingerprint density at radius 2 is 1.83 bits per heavy atom. The number of hydrogen-bond donors (Lipinski definition) is 0. The molecule has 2 aromatic rings. The first kappa shape index (κ1) is 15.1. The van der Waals surface area contributed by atoms with Crippen LogP contribution in [0, 0.1) is 6.92 Å². The first-order valence-electron chi connectivity index (χ1n) is 8.56. The summed E-state index contributed by atoms with van der Waals surface area (Å²) in [4.78, 5) is 17.0. The second-order valence-electron chi connectivity index (χ2n) is 6.57. The molecule has 1 saturated heterocycles. The number of piperazine rings is 1. The van der Waals surface area contributed by atoms with Crippen LogP contribution in [0.5, 0.6) is 5.75 Å². The van der Waals surface area contributed by atoms with Gasteiger partial charge in [-0.3, -0.25) is 4.79 Å². The van der Waals surface area contributed by atoms with Crippen LogP contribution in [-0.4, -0.2) is 43.1 Å². The molecule has 24 heavy (non-hydrogen) atoms. The second-order valence-corrected chi connectivity index (χ2v) is 6.57. The molecule has 0 bridgehead atoms. The highest BCUT2D eigenvalue weighted by Crippen LogP contribution is 2.29. The first-order valence-corrected chi connectivity index (χ1v) is 8.56. The molecule has 0 aliphatic carbocycles. The minimum atomic E-state index is -0.354. The molecule has 1 atom stereocenters. The number of benzene rings is 2. The molecule has 0 spiro atoms. The summed E-state index contributed by atoms with van der Waals surface area (Å²) in [5, 5.41) is 0. The molecule has 4 heteroatoms. The average Bonchev–Trinajstić information content (AvgIpc) is 3.05. The maximum Gasteiger partial charge on any atom is 0.264 e. The van der Waals surface area contributed by atoms with Crippen LogP contribution >= 0.6 is 0 Å². The molecule has 4 nitrogen and oxygen atoms in total. The first-order chi connectivity index (χ1) is 11.7. The van der Waals surface area contributed by atoms with Crippen LogP contribution < -0.4 is 9.64 Å². The molecule has 2 aromatic carbocycles. The molecule has 2 aliphatic heterocycles. The SMILES string of the molecule is Cc1cccc(N2CCN(C(=O)C3Cc4ccccc4O3)CC2)c1. The molecule has 1 amide bonds. The molecule has 1 fully saturated rings. The molecule has 2 aliphatic rings. The van der Waals surface area contributed by atoms with Gasteiger partial charge in [-0.05, 0) is 36.2 Å². The normalized spacial score (nSPS) is 19.8. The Balaban J connectivity index is 1.37. The number of hydrogen-bond acceptors (Lipinski definition) is 3. The third kappa shape index (κ3) is 2.84. The van der Waals surface area contributed by atoms with Crippen molar-refractivity contribution in [3.63, 3.8) is 0 Å². The number of ether oxygens (including phenoxy) is 1. The lowest BCUT2D eigenvalue weighted by Crippen LogP contribution is -2.52. The van der Waals surface area contributed by atoms with Crippen LogP contribution in [0.3, 0.4) is 0 Å². The number of amides is 1. The summed E-state index contributed by atoms with van der Waals surface area (Å²) in [7, 11) is 0. The maximum atomic E-state index is 12.7. The number of nitrogens with zero attached hydrogens (tertiary/aromatic N) is 2. The van der Waals surface area contributed by atoms with Gasteiger partial charge in [-0.25, -0.2) is 0 Å². The van der Waals surface area contributed by atoms with Gasteiger partial charge in [0.25, 0.3) is 5.91 Å². The fourth-order valence-electron chi connectivity index (χ4n) is 3.53. The van der Waals surface area contributed by atoms with Crippen molar-refractivity contribution in [1.82, 2.24) is 4.90 Å². The van der Waals surface area contributed by atoms with Gasteiger partial charge in [0.2, 0.25) is 0 Å². The molecule has 0 N–H and O–H groups in total. The minimum absolute atomic E-state index is 0.120. The van der Waals surface area contributed by atoms with E-state index < -0.39 is 0 Å². The summed E-state index contributed by atoms with van der Waals surface area (Å²) in [6.45, 7) is 5.36. The number of carbonyl (C=O) groups excluding carboxylic acids is 1. The molecule has 124 valence electrons. The summed E-state index contributed by atoms with van der Waals surface area (Å²) in [6, 6.07) is 16.5. The third-order valence-electron chi connectivity index (χ3n) is 4.88. The number of para-hydroxylation sites is 1. The highest BCUT2D eigenvalue weighted by molar-refractivity contribution is 5.83.